The van der Waals surface area contributed by atoms with E-state index in [2.05, 4.69) is 5.32 Å². The Hall–Kier alpha value is -3.53. The number of nitrogens with one attached hydrogen (secondary N) is 1. The van der Waals surface area contributed by atoms with E-state index in [1.807, 2.05) is 6.92 Å². The van der Waals surface area contributed by atoms with Crippen molar-refractivity contribution in [2.75, 3.05) is 39.0 Å². The van der Waals surface area contributed by atoms with Crippen LogP contribution < -0.4 is 10.1 Å². The molecule has 2 fully saturated rings. The number of carboxylic acid groups (broad SMARTS) is 1. The van der Waals surface area contributed by atoms with Crippen LogP contribution in [0.4, 0.5) is 4.79 Å². The van der Waals surface area contributed by atoms with Crippen LogP contribution in [0.1, 0.15) is 24.0 Å². The molecule has 0 radical (unpaired) electrons. The summed E-state index contributed by atoms with van der Waals surface area (Å²) in [7, 11) is -7.28. The van der Waals surface area contributed by atoms with Gasteiger partial charge in [-0.3, -0.25) is 4.79 Å². The molecule has 2 atom stereocenters. The minimum atomic E-state index is -3.95. The van der Waals surface area contributed by atoms with Gasteiger partial charge in [0.15, 0.2) is 0 Å². The molecule has 4 rings (SSSR count). The predicted octanol–water partition coefficient (Wildman–Crippen LogP) is 1.04. The molecular formula is C27H34N4O9S2. The van der Waals surface area contributed by atoms with Crippen LogP contribution in [-0.2, 0) is 36.1 Å². The lowest BCUT2D eigenvalue weighted by atomic mass is 10.1. The van der Waals surface area contributed by atoms with Crippen LogP contribution in [0.15, 0.2) is 53.4 Å². The van der Waals surface area contributed by atoms with Crippen LogP contribution in [0, 0.1) is 6.92 Å². The van der Waals surface area contributed by atoms with E-state index in [0.29, 0.717) is 12.0 Å². The zero-order valence-electron chi connectivity index (χ0n) is 23.3. The van der Waals surface area contributed by atoms with Crippen molar-refractivity contribution < 1.29 is 41.1 Å². The first kappa shape index (κ1) is 31.4. The number of carbonyl (C=O) groups is 3. The molecule has 0 aromatic heterocycles. The maximum atomic E-state index is 13.2. The molecule has 13 nitrogen and oxygen atoms in total. The molecule has 0 bridgehead atoms. The number of carboxylic acids is 1. The second-order valence-electron chi connectivity index (χ2n) is 10.4. The lowest BCUT2D eigenvalue weighted by molar-refractivity contribution is -0.142. The number of aryl methyl sites for hydroxylation is 1. The van der Waals surface area contributed by atoms with Gasteiger partial charge < -0.3 is 20.1 Å². The van der Waals surface area contributed by atoms with E-state index >= 15 is 0 Å². The largest absolute Gasteiger partial charge is 0.480 e. The summed E-state index contributed by atoms with van der Waals surface area (Å²) in [5.74, 6) is -1.75. The van der Waals surface area contributed by atoms with Gasteiger partial charge in [0.25, 0.3) is 0 Å². The third kappa shape index (κ3) is 7.45. The fourth-order valence-electron chi connectivity index (χ4n) is 4.90. The van der Waals surface area contributed by atoms with Crippen LogP contribution in [0.5, 0.6) is 5.75 Å². The smallest absolute Gasteiger partial charge is 0.415 e. The number of aliphatic carboxylic acids is 1. The van der Waals surface area contributed by atoms with Crippen molar-refractivity contribution in [3.05, 3.63) is 59.7 Å². The number of hydrogen-bond acceptors (Lipinski definition) is 8. The van der Waals surface area contributed by atoms with Crippen molar-refractivity contribution >= 4 is 38.0 Å². The number of hydrogen-bond donors (Lipinski definition) is 2. The number of sulfonamides is 2. The topological polar surface area (TPSA) is 171 Å². The van der Waals surface area contributed by atoms with E-state index in [0.717, 1.165) is 16.1 Å². The summed E-state index contributed by atoms with van der Waals surface area (Å²) >= 11 is 0. The first-order chi connectivity index (χ1) is 19.8. The SMILES string of the molecule is Cc1ccc(S(=O)(=O)N2CCC[C@H]2C(=O)N[C@@H](Cc2ccc(OC(=O)N3CCN(S(C)(=O)=O)CC3)cc2)C(=O)O)cc1. The summed E-state index contributed by atoms with van der Waals surface area (Å²) in [6.45, 7) is 2.71. The predicted molar refractivity (Wildman–Crippen MR) is 152 cm³/mol. The number of amides is 2. The van der Waals surface area contributed by atoms with E-state index in [9.17, 15) is 36.3 Å². The van der Waals surface area contributed by atoms with Gasteiger partial charge >= 0.3 is 12.1 Å². The van der Waals surface area contributed by atoms with Crippen molar-refractivity contribution in [1.29, 1.82) is 0 Å². The van der Waals surface area contributed by atoms with Gasteiger partial charge in [-0.15, -0.1) is 0 Å². The molecule has 2 heterocycles. The number of ether oxygens (including phenoxy) is 1. The van der Waals surface area contributed by atoms with E-state index < -0.39 is 50.1 Å². The number of nitrogens with zero attached hydrogens (tertiary/aromatic N) is 3. The first-order valence-electron chi connectivity index (χ1n) is 13.4. The molecule has 228 valence electrons. The zero-order valence-corrected chi connectivity index (χ0v) is 24.9. The highest BCUT2D eigenvalue weighted by atomic mass is 32.2. The number of rotatable bonds is 9. The lowest BCUT2D eigenvalue weighted by Gasteiger charge is -2.32. The van der Waals surface area contributed by atoms with Crippen molar-refractivity contribution in [3.8, 4) is 5.75 Å². The third-order valence-corrected chi connectivity index (χ3v) is 10.5. The molecule has 2 aliphatic rings. The highest BCUT2D eigenvalue weighted by molar-refractivity contribution is 7.89. The van der Waals surface area contributed by atoms with Gasteiger partial charge in [0.05, 0.1) is 11.2 Å². The maximum absolute atomic E-state index is 13.2. The molecule has 0 saturated carbocycles. The van der Waals surface area contributed by atoms with Gasteiger partial charge in [0.2, 0.25) is 26.0 Å². The minimum absolute atomic E-state index is 0.0690. The maximum Gasteiger partial charge on any atom is 0.415 e. The second-order valence-corrected chi connectivity index (χ2v) is 14.2. The summed E-state index contributed by atoms with van der Waals surface area (Å²) in [6, 6.07) is 10.1. The fraction of sp³-hybridized carbons (Fsp3) is 0.444. The summed E-state index contributed by atoms with van der Waals surface area (Å²) in [6.07, 6.45) is 1.14. The van der Waals surface area contributed by atoms with Gasteiger partial charge in [0.1, 0.15) is 17.8 Å². The lowest BCUT2D eigenvalue weighted by Crippen LogP contribution is -2.51. The summed E-state index contributed by atoms with van der Waals surface area (Å²) < 4.78 is 57.5. The van der Waals surface area contributed by atoms with E-state index in [1.165, 1.54) is 33.5 Å². The summed E-state index contributed by atoms with van der Waals surface area (Å²) in [5.41, 5.74) is 1.44. The van der Waals surface area contributed by atoms with Crippen molar-refractivity contribution in [2.45, 2.75) is 43.2 Å². The van der Waals surface area contributed by atoms with Gasteiger partial charge in [-0.1, -0.05) is 29.8 Å². The summed E-state index contributed by atoms with van der Waals surface area (Å²) in [4.78, 5) is 39.1. The fourth-order valence-corrected chi connectivity index (χ4v) is 7.38. The Morgan fingerprint density at radius 3 is 2.14 bits per heavy atom. The number of piperazine rings is 1. The Labute approximate surface area is 245 Å². The standard InChI is InChI=1S/C27H34N4O9S2/c1-19-5-11-22(12-6-19)42(38,39)31-13-3-4-24(31)25(32)28-23(26(33)34)18-20-7-9-21(10-8-20)40-27(35)29-14-16-30(17-15-29)41(2,36)37/h5-12,23-24H,3-4,13-18H2,1-2H3,(H,28,32)(H,33,34)/t23-,24-/m0/s1. The van der Waals surface area contributed by atoms with Crippen molar-refractivity contribution in [2.24, 2.45) is 0 Å². The molecule has 2 aliphatic heterocycles. The molecule has 2 amide bonds. The van der Waals surface area contributed by atoms with Gasteiger partial charge in [0, 0.05) is 39.1 Å². The first-order valence-corrected chi connectivity index (χ1v) is 16.7. The van der Waals surface area contributed by atoms with Crippen LogP contribution in [-0.4, -0.2) is 104 Å². The quantitative estimate of drug-likeness (QED) is 0.415. The van der Waals surface area contributed by atoms with Crippen molar-refractivity contribution in [1.82, 2.24) is 18.8 Å². The number of carbonyl (C=O) groups excluding carboxylic acids is 2. The molecule has 0 spiro atoms. The molecule has 0 aliphatic carbocycles. The van der Waals surface area contributed by atoms with Crippen LogP contribution in [0.25, 0.3) is 0 Å². The Morgan fingerprint density at radius 1 is 0.952 bits per heavy atom. The van der Waals surface area contributed by atoms with E-state index in [4.69, 9.17) is 4.74 Å². The second kappa shape index (κ2) is 12.8. The Morgan fingerprint density at radius 2 is 1.57 bits per heavy atom. The minimum Gasteiger partial charge on any atom is -0.480 e. The Bertz CT molecular complexity index is 1520. The van der Waals surface area contributed by atoms with Gasteiger partial charge in [-0.2, -0.15) is 8.61 Å². The van der Waals surface area contributed by atoms with Crippen molar-refractivity contribution in [3.63, 3.8) is 0 Å². The Balaban J connectivity index is 1.35. The Kier molecular flexibility index (Phi) is 9.55. The van der Waals surface area contributed by atoms with Gasteiger partial charge in [-0.05, 0) is 49.6 Å². The monoisotopic (exact) mass is 622 g/mol. The molecule has 42 heavy (non-hydrogen) atoms. The van der Waals surface area contributed by atoms with Crippen LogP contribution >= 0.6 is 0 Å². The number of benzene rings is 2. The van der Waals surface area contributed by atoms with E-state index in [-0.39, 0.29) is 56.2 Å². The average molecular weight is 623 g/mol. The normalized spacial score (nSPS) is 19.3. The third-order valence-electron chi connectivity index (χ3n) is 7.28. The highest BCUT2D eigenvalue weighted by Crippen LogP contribution is 2.27. The molecule has 15 heteroatoms. The summed E-state index contributed by atoms with van der Waals surface area (Å²) in [5, 5.41) is 12.3. The molecule has 2 N–H and O–H groups in total. The molecule has 0 unspecified atom stereocenters. The molecular weight excluding hydrogens is 588 g/mol. The average Bonchev–Trinajstić information content (AvgIpc) is 3.45. The van der Waals surface area contributed by atoms with Crippen LogP contribution in [0.3, 0.4) is 0 Å². The van der Waals surface area contributed by atoms with Gasteiger partial charge in [-0.25, -0.2) is 26.4 Å². The molecule has 2 aromatic carbocycles. The van der Waals surface area contributed by atoms with E-state index in [1.54, 1.807) is 24.3 Å². The zero-order chi connectivity index (χ0) is 30.7. The molecule has 2 saturated heterocycles. The molecule has 2 aromatic rings. The highest BCUT2D eigenvalue weighted by Gasteiger charge is 2.40. The van der Waals surface area contributed by atoms with Crippen LogP contribution in [0.2, 0.25) is 0 Å².